The molecule has 1 N–H and O–H groups in total. The third-order valence-corrected chi connectivity index (χ3v) is 3.55. The lowest BCUT2D eigenvalue weighted by Crippen LogP contribution is -1.96. The summed E-state index contributed by atoms with van der Waals surface area (Å²) in [6.07, 6.45) is 3.93. The van der Waals surface area contributed by atoms with E-state index in [1.165, 1.54) is 5.56 Å². The molecule has 0 unspecified atom stereocenters. The Morgan fingerprint density at radius 2 is 1.95 bits per heavy atom. The number of benzene rings is 2. The van der Waals surface area contributed by atoms with Crippen molar-refractivity contribution >= 4 is 17.0 Å². The van der Waals surface area contributed by atoms with E-state index in [1.807, 2.05) is 4.57 Å². The van der Waals surface area contributed by atoms with Gasteiger partial charge >= 0.3 is 5.97 Å². The molecule has 1 heterocycles. The number of aromatic nitrogens is 2. The number of nitrogens with zero attached hydrogens (tertiary/aromatic N) is 2. The average molecular weight is 280 g/mol. The first-order valence-electron chi connectivity index (χ1n) is 6.99. The molecule has 21 heavy (non-hydrogen) atoms. The summed E-state index contributed by atoms with van der Waals surface area (Å²) >= 11 is 0. The van der Waals surface area contributed by atoms with E-state index in [9.17, 15) is 4.79 Å². The maximum Gasteiger partial charge on any atom is 0.335 e. The Balaban J connectivity index is 2.02. The van der Waals surface area contributed by atoms with Gasteiger partial charge in [-0.3, -0.25) is 4.57 Å². The van der Waals surface area contributed by atoms with Gasteiger partial charge in [0.2, 0.25) is 0 Å². The second kappa shape index (κ2) is 5.40. The molecule has 0 saturated carbocycles. The molecule has 4 nitrogen and oxygen atoms in total. The molecule has 2 aromatic carbocycles. The summed E-state index contributed by atoms with van der Waals surface area (Å²) in [4.78, 5) is 15.3. The maximum absolute atomic E-state index is 11.0. The highest BCUT2D eigenvalue weighted by Gasteiger charge is 2.08. The summed E-state index contributed by atoms with van der Waals surface area (Å²) in [6.45, 7) is 2.16. The van der Waals surface area contributed by atoms with E-state index in [2.05, 4.69) is 36.2 Å². The Morgan fingerprint density at radius 3 is 2.62 bits per heavy atom. The van der Waals surface area contributed by atoms with Gasteiger partial charge in [-0.1, -0.05) is 25.5 Å². The molecule has 0 aliphatic rings. The van der Waals surface area contributed by atoms with Gasteiger partial charge in [0.25, 0.3) is 0 Å². The zero-order chi connectivity index (χ0) is 14.8. The zero-order valence-corrected chi connectivity index (χ0v) is 11.8. The van der Waals surface area contributed by atoms with Gasteiger partial charge in [0, 0.05) is 5.69 Å². The van der Waals surface area contributed by atoms with E-state index >= 15 is 0 Å². The number of fused-ring (bicyclic) bond motifs is 1. The van der Waals surface area contributed by atoms with E-state index < -0.39 is 5.97 Å². The number of rotatable bonds is 4. The van der Waals surface area contributed by atoms with Crippen molar-refractivity contribution in [2.24, 2.45) is 0 Å². The van der Waals surface area contributed by atoms with Crippen molar-refractivity contribution in [1.29, 1.82) is 0 Å². The summed E-state index contributed by atoms with van der Waals surface area (Å²) in [5.74, 6) is -0.935. The predicted octanol–water partition coefficient (Wildman–Crippen LogP) is 3.68. The number of imidazole rings is 1. The lowest BCUT2D eigenvalue weighted by Gasteiger charge is -2.06. The van der Waals surface area contributed by atoms with Crippen molar-refractivity contribution in [2.45, 2.75) is 19.8 Å². The summed E-state index contributed by atoms with van der Waals surface area (Å²) in [5.41, 5.74) is 4.20. The van der Waals surface area contributed by atoms with Crippen molar-refractivity contribution in [3.8, 4) is 5.69 Å². The van der Waals surface area contributed by atoms with Gasteiger partial charge in [-0.05, 0) is 42.3 Å². The molecule has 0 aliphatic carbocycles. The van der Waals surface area contributed by atoms with Crippen LogP contribution in [0, 0.1) is 0 Å². The normalized spacial score (nSPS) is 10.9. The number of carbonyl (C=O) groups is 1. The zero-order valence-electron chi connectivity index (χ0n) is 11.8. The van der Waals surface area contributed by atoms with Gasteiger partial charge in [0.15, 0.2) is 0 Å². The Labute approximate surface area is 122 Å². The fraction of sp³-hybridized carbons (Fsp3) is 0.176. The van der Waals surface area contributed by atoms with Gasteiger partial charge < -0.3 is 5.11 Å². The molecule has 0 radical (unpaired) electrons. The summed E-state index contributed by atoms with van der Waals surface area (Å²) in [7, 11) is 0. The highest BCUT2D eigenvalue weighted by atomic mass is 16.4. The minimum Gasteiger partial charge on any atom is -0.478 e. The van der Waals surface area contributed by atoms with E-state index in [-0.39, 0.29) is 5.56 Å². The first kappa shape index (κ1) is 13.4. The van der Waals surface area contributed by atoms with Crippen LogP contribution in [0.15, 0.2) is 48.8 Å². The van der Waals surface area contributed by atoms with Gasteiger partial charge in [0.05, 0.1) is 16.6 Å². The Hall–Kier alpha value is -2.62. The summed E-state index contributed by atoms with van der Waals surface area (Å²) in [6, 6.07) is 13.4. The molecule has 4 heteroatoms. The molecular weight excluding hydrogens is 264 g/mol. The monoisotopic (exact) mass is 280 g/mol. The van der Waals surface area contributed by atoms with Crippen LogP contribution in [0.3, 0.4) is 0 Å². The topological polar surface area (TPSA) is 55.1 Å². The van der Waals surface area contributed by atoms with Gasteiger partial charge in [-0.2, -0.15) is 0 Å². The van der Waals surface area contributed by atoms with Crippen molar-refractivity contribution in [1.82, 2.24) is 9.55 Å². The number of carboxylic acids is 1. The average Bonchev–Trinajstić information content (AvgIpc) is 2.91. The highest BCUT2D eigenvalue weighted by molar-refractivity contribution is 5.92. The Bertz CT molecular complexity index is 788. The molecule has 0 amide bonds. The summed E-state index contributed by atoms with van der Waals surface area (Å²) < 4.78 is 1.97. The minimum absolute atomic E-state index is 0.256. The van der Waals surface area contributed by atoms with Crippen LogP contribution < -0.4 is 0 Å². The number of aryl methyl sites for hydroxylation is 1. The highest BCUT2D eigenvalue weighted by Crippen LogP contribution is 2.20. The molecular formula is C17H16N2O2. The predicted molar refractivity (Wildman–Crippen MR) is 82.0 cm³/mol. The first-order valence-corrected chi connectivity index (χ1v) is 6.99. The largest absolute Gasteiger partial charge is 0.478 e. The second-order valence-corrected chi connectivity index (χ2v) is 5.04. The van der Waals surface area contributed by atoms with Gasteiger partial charge in [0.1, 0.15) is 6.33 Å². The second-order valence-electron chi connectivity index (χ2n) is 5.04. The number of aromatic carboxylic acids is 1. The Kier molecular flexibility index (Phi) is 3.44. The maximum atomic E-state index is 11.0. The van der Waals surface area contributed by atoms with Gasteiger partial charge in [-0.25, -0.2) is 9.78 Å². The quantitative estimate of drug-likeness (QED) is 0.793. The van der Waals surface area contributed by atoms with Gasteiger partial charge in [-0.15, -0.1) is 0 Å². The van der Waals surface area contributed by atoms with E-state index in [4.69, 9.17) is 5.11 Å². The standard InChI is InChI=1S/C17H16N2O2/c1-2-3-12-4-7-14(8-5-12)19-11-18-15-10-13(17(20)21)6-9-16(15)19/h4-11H,2-3H2,1H3,(H,20,21). The van der Waals surface area contributed by atoms with Crippen molar-refractivity contribution in [2.75, 3.05) is 0 Å². The van der Waals surface area contributed by atoms with Crippen LogP contribution in [0.2, 0.25) is 0 Å². The van der Waals surface area contributed by atoms with Crippen LogP contribution in [0.1, 0.15) is 29.3 Å². The van der Waals surface area contributed by atoms with Crippen LogP contribution in [0.5, 0.6) is 0 Å². The molecule has 1 aromatic heterocycles. The lowest BCUT2D eigenvalue weighted by atomic mass is 10.1. The molecule has 106 valence electrons. The molecule has 0 fully saturated rings. The molecule has 3 aromatic rings. The lowest BCUT2D eigenvalue weighted by molar-refractivity contribution is 0.0697. The van der Waals surface area contributed by atoms with Crippen LogP contribution in [0.4, 0.5) is 0 Å². The van der Waals surface area contributed by atoms with E-state index in [1.54, 1.807) is 24.5 Å². The number of carboxylic acid groups (broad SMARTS) is 1. The van der Waals surface area contributed by atoms with Crippen molar-refractivity contribution in [3.05, 3.63) is 59.9 Å². The van der Waals surface area contributed by atoms with Crippen molar-refractivity contribution in [3.63, 3.8) is 0 Å². The molecule has 0 atom stereocenters. The summed E-state index contributed by atoms with van der Waals surface area (Å²) in [5, 5.41) is 9.01. The fourth-order valence-corrected chi connectivity index (χ4v) is 2.46. The van der Waals surface area contributed by atoms with Crippen LogP contribution in [0.25, 0.3) is 16.7 Å². The Morgan fingerprint density at radius 1 is 1.19 bits per heavy atom. The smallest absolute Gasteiger partial charge is 0.335 e. The molecule has 3 rings (SSSR count). The molecule has 0 spiro atoms. The fourth-order valence-electron chi connectivity index (χ4n) is 2.46. The SMILES string of the molecule is CCCc1ccc(-n2cnc3cc(C(=O)O)ccc32)cc1. The molecule has 0 saturated heterocycles. The van der Waals surface area contributed by atoms with Crippen LogP contribution in [-0.2, 0) is 6.42 Å². The van der Waals surface area contributed by atoms with Crippen LogP contribution >= 0.6 is 0 Å². The third-order valence-electron chi connectivity index (χ3n) is 3.55. The molecule has 0 aliphatic heterocycles. The van der Waals surface area contributed by atoms with E-state index in [0.29, 0.717) is 5.52 Å². The number of hydrogen-bond acceptors (Lipinski definition) is 2. The van der Waals surface area contributed by atoms with Crippen LogP contribution in [-0.4, -0.2) is 20.6 Å². The third kappa shape index (κ3) is 2.52. The number of hydrogen-bond donors (Lipinski definition) is 1. The first-order chi connectivity index (χ1) is 10.2. The minimum atomic E-state index is -0.935. The molecule has 0 bridgehead atoms. The van der Waals surface area contributed by atoms with E-state index in [0.717, 1.165) is 24.0 Å². The van der Waals surface area contributed by atoms with Crippen molar-refractivity contribution < 1.29 is 9.90 Å².